The molecule has 0 spiro atoms. The number of rotatable bonds is 9. The van der Waals surface area contributed by atoms with Crippen molar-refractivity contribution in [2.24, 2.45) is 0 Å². The zero-order chi connectivity index (χ0) is 21.4. The number of sulfonamides is 1. The number of methoxy groups -OCH3 is 2. The zero-order valence-corrected chi connectivity index (χ0v) is 17.1. The van der Waals surface area contributed by atoms with Crippen molar-refractivity contribution in [1.82, 2.24) is 10.0 Å². The van der Waals surface area contributed by atoms with Crippen molar-refractivity contribution in [1.29, 1.82) is 0 Å². The molecule has 3 N–H and O–H groups in total. The van der Waals surface area contributed by atoms with Crippen LogP contribution >= 0.6 is 0 Å². The molecule has 0 saturated carbocycles. The van der Waals surface area contributed by atoms with Crippen molar-refractivity contribution in [3.05, 3.63) is 48.0 Å². The summed E-state index contributed by atoms with van der Waals surface area (Å²) < 4.78 is 37.3. The normalized spacial score (nSPS) is 10.9. The summed E-state index contributed by atoms with van der Waals surface area (Å²) in [5.41, 5.74) is 0.859. The average Bonchev–Trinajstić information content (AvgIpc) is 2.70. The Hall–Kier alpha value is -3.11. The minimum absolute atomic E-state index is 0.00874. The van der Waals surface area contributed by atoms with E-state index in [1.807, 2.05) is 0 Å². The fourth-order valence-electron chi connectivity index (χ4n) is 2.44. The summed E-state index contributed by atoms with van der Waals surface area (Å²) in [5, 5.41) is 5.19. The molecule has 2 amide bonds. The van der Waals surface area contributed by atoms with Gasteiger partial charge in [-0.2, -0.15) is 0 Å². The minimum atomic E-state index is -3.74. The lowest BCUT2D eigenvalue weighted by atomic mass is 10.2. The Labute approximate surface area is 169 Å². The quantitative estimate of drug-likeness (QED) is 0.526. The van der Waals surface area contributed by atoms with Crippen LogP contribution in [0.15, 0.2) is 47.4 Å². The Morgan fingerprint density at radius 3 is 2.17 bits per heavy atom. The van der Waals surface area contributed by atoms with Crippen LogP contribution in [0.2, 0.25) is 0 Å². The maximum Gasteiger partial charge on any atom is 0.251 e. The summed E-state index contributed by atoms with van der Waals surface area (Å²) in [6.07, 6.45) is 0. The molecule has 10 heteroatoms. The second-order valence-electron chi connectivity index (χ2n) is 5.93. The first kappa shape index (κ1) is 22.2. The fraction of sp³-hybridized carbons (Fsp3) is 0.263. The van der Waals surface area contributed by atoms with E-state index in [1.165, 1.54) is 51.5 Å². The number of amides is 2. The molecule has 2 rings (SSSR count). The highest BCUT2D eigenvalue weighted by Gasteiger charge is 2.14. The maximum atomic E-state index is 12.3. The first-order valence-electron chi connectivity index (χ1n) is 8.64. The number of carbonyl (C=O) groups excluding carboxylic acids is 2. The third kappa shape index (κ3) is 6.19. The van der Waals surface area contributed by atoms with Crippen LogP contribution in [0.5, 0.6) is 11.5 Å². The van der Waals surface area contributed by atoms with Gasteiger partial charge in [-0.1, -0.05) is 0 Å². The van der Waals surface area contributed by atoms with Crippen molar-refractivity contribution in [2.45, 2.75) is 11.8 Å². The van der Waals surface area contributed by atoms with Crippen LogP contribution in [-0.4, -0.2) is 47.5 Å². The van der Waals surface area contributed by atoms with Crippen molar-refractivity contribution >= 4 is 27.5 Å². The number of carbonyl (C=O) groups is 2. The molecule has 0 saturated heterocycles. The van der Waals surface area contributed by atoms with Crippen LogP contribution in [0, 0.1) is 0 Å². The van der Waals surface area contributed by atoms with E-state index >= 15 is 0 Å². The van der Waals surface area contributed by atoms with Crippen LogP contribution < -0.4 is 24.8 Å². The summed E-state index contributed by atoms with van der Waals surface area (Å²) in [5.74, 6) is 0.304. The van der Waals surface area contributed by atoms with Crippen molar-refractivity contribution in [3.63, 3.8) is 0 Å². The van der Waals surface area contributed by atoms with Gasteiger partial charge in [-0.25, -0.2) is 13.1 Å². The molecule has 0 radical (unpaired) electrons. The molecule has 156 valence electrons. The monoisotopic (exact) mass is 421 g/mol. The van der Waals surface area contributed by atoms with Gasteiger partial charge in [-0.05, 0) is 42.5 Å². The molecule has 9 nitrogen and oxygen atoms in total. The zero-order valence-electron chi connectivity index (χ0n) is 16.3. The van der Waals surface area contributed by atoms with Gasteiger partial charge in [0, 0.05) is 31.3 Å². The largest absolute Gasteiger partial charge is 0.493 e. The molecule has 0 bridgehead atoms. The van der Waals surface area contributed by atoms with Gasteiger partial charge in [0.1, 0.15) is 0 Å². The van der Waals surface area contributed by atoms with Gasteiger partial charge < -0.3 is 20.1 Å². The summed E-state index contributed by atoms with van der Waals surface area (Å²) in [6.45, 7) is 1.47. The highest BCUT2D eigenvalue weighted by molar-refractivity contribution is 7.89. The second-order valence-corrected chi connectivity index (χ2v) is 7.70. The van der Waals surface area contributed by atoms with Crippen LogP contribution in [0.1, 0.15) is 17.3 Å². The molecule has 0 aliphatic carbocycles. The number of benzene rings is 2. The molecule has 0 heterocycles. The summed E-state index contributed by atoms with van der Waals surface area (Å²) in [6, 6.07) is 10.5. The number of nitrogens with one attached hydrogen (secondary N) is 3. The van der Waals surface area contributed by atoms with E-state index in [2.05, 4.69) is 15.4 Å². The third-order valence-electron chi connectivity index (χ3n) is 3.83. The van der Waals surface area contributed by atoms with Gasteiger partial charge in [-0.3, -0.25) is 9.59 Å². The number of ether oxygens (including phenoxy) is 2. The highest BCUT2D eigenvalue weighted by Crippen LogP contribution is 2.27. The van der Waals surface area contributed by atoms with Crippen LogP contribution in [-0.2, 0) is 14.8 Å². The Bertz CT molecular complexity index is 974. The fourth-order valence-corrected chi connectivity index (χ4v) is 3.48. The van der Waals surface area contributed by atoms with E-state index in [-0.39, 0.29) is 29.8 Å². The van der Waals surface area contributed by atoms with E-state index in [4.69, 9.17) is 9.47 Å². The molecule has 2 aromatic carbocycles. The first-order valence-corrected chi connectivity index (χ1v) is 10.1. The third-order valence-corrected chi connectivity index (χ3v) is 5.31. The van der Waals surface area contributed by atoms with Crippen molar-refractivity contribution < 1.29 is 27.5 Å². The summed E-state index contributed by atoms with van der Waals surface area (Å²) in [4.78, 5) is 23.3. The standard InChI is InChI=1S/C19H23N3O6S/c1-13(23)22-15-5-7-16(8-6-15)29(25,26)21-11-10-20-19(24)14-4-9-17(27-2)18(12-14)28-3/h4-9,12,21H,10-11H2,1-3H3,(H,20,24)(H,22,23). The lowest BCUT2D eigenvalue weighted by Gasteiger charge is -2.11. The SMILES string of the molecule is COc1ccc(C(=O)NCCNS(=O)(=O)c2ccc(NC(C)=O)cc2)cc1OC. The lowest BCUT2D eigenvalue weighted by Crippen LogP contribution is -2.34. The lowest BCUT2D eigenvalue weighted by molar-refractivity contribution is -0.114. The Morgan fingerprint density at radius 2 is 1.59 bits per heavy atom. The Kier molecular flexibility index (Phi) is 7.57. The van der Waals surface area contributed by atoms with Gasteiger partial charge in [0.2, 0.25) is 15.9 Å². The van der Waals surface area contributed by atoms with Crippen LogP contribution in [0.25, 0.3) is 0 Å². The predicted octanol–water partition coefficient (Wildman–Crippen LogP) is 1.37. The van der Waals surface area contributed by atoms with Gasteiger partial charge in [0.15, 0.2) is 11.5 Å². The predicted molar refractivity (Wildman–Crippen MR) is 108 cm³/mol. The van der Waals surface area contributed by atoms with Gasteiger partial charge in [0.05, 0.1) is 19.1 Å². The molecule has 0 aliphatic rings. The van der Waals surface area contributed by atoms with Crippen LogP contribution in [0.4, 0.5) is 5.69 Å². The van der Waals surface area contributed by atoms with Gasteiger partial charge in [-0.15, -0.1) is 0 Å². The average molecular weight is 421 g/mol. The van der Waals surface area contributed by atoms with Crippen molar-refractivity contribution in [3.8, 4) is 11.5 Å². The number of anilines is 1. The van der Waals surface area contributed by atoms with Gasteiger partial charge >= 0.3 is 0 Å². The molecular weight excluding hydrogens is 398 g/mol. The molecular formula is C19H23N3O6S. The first-order chi connectivity index (χ1) is 13.8. The van der Waals surface area contributed by atoms with E-state index in [1.54, 1.807) is 12.1 Å². The van der Waals surface area contributed by atoms with E-state index < -0.39 is 10.0 Å². The molecule has 0 fully saturated rings. The summed E-state index contributed by atoms with van der Waals surface area (Å²) >= 11 is 0. The molecule has 0 unspecified atom stereocenters. The number of hydrogen-bond acceptors (Lipinski definition) is 6. The maximum absolute atomic E-state index is 12.3. The van der Waals surface area contributed by atoms with Crippen LogP contribution in [0.3, 0.4) is 0 Å². The molecule has 29 heavy (non-hydrogen) atoms. The molecule has 0 aromatic heterocycles. The minimum Gasteiger partial charge on any atom is -0.493 e. The Morgan fingerprint density at radius 1 is 0.931 bits per heavy atom. The highest BCUT2D eigenvalue weighted by atomic mass is 32.2. The second kappa shape index (κ2) is 9.89. The molecule has 0 aliphatic heterocycles. The van der Waals surface area contributed by atoms with Gasteiger partial charge in [0.25, 0.3) is 5.91 Å². The van der Waals surface area contributed by atoms with E-state index in [0.29, 0.717) is 22.7 Å². The van der Waals surface area contributed by atoms with E-state index in [9.17, 15) is 18.0 Å². The molecule has 0 atom stereocenters. The smallest absolute Gasteiger partial charge is 0.251 e. The van der Waals surface area contributed by atoms with E-state index in [0.717, 1.165) is 0 Å². The molecule has 2 aromatic rings. The topological polar surface area (TPSA) is 123 Å². The van der Waals surface area contributed by atoms with Crippen molar-refractivity contribution in [2.75, 3.05) is 32.6 Å². The Balaban J connectivity index is 1.89. The summed E-state index contributed by atoms with van der Waals surface area (Å²) in [7, 11) is -0.772. The number of hydrogen-bond donors (Lipinski definition) is 3.